The molecule has 1 aliphatic carbocycles. The van der Waals surface area contributed by atoms with Crippen LogP contribution >= 0.6 is 24.8 Å². The predicted octanol–water partition coefficient (Wildman–Crippen LogP) is 3.44. The van der Waals surface area contributed by atoms with Crippen molar-refractivity contribution in [2.45, 2.75) is 39.7 Å². The Kier molecular flexibility index (Phi) is 19.0. The molecule has 0 aromatic heterocycles. The van der Waals surface area contributed by atoms with Gasteiger partial charge in [0.05, 0.1) is 42.6 Å². The van der Waals surface area contributed by atoms with Gasteiger partial charge in [-0.3, -0.25) is 14.4 Å². The first kappa shape index (κ1) is 48.0. The molecule has 1 heterocycles. The van der Waals surface area contributed by atoms with E-state index in [1.54, 1.807) is 12.1 Å². The Morgan fingerprint density at radius 1 is 0.772 bits per heavy atom. The summed E-state index contributed by atoms with van der Waals surface area (Å²) in [5.74, 6) is -2.83. The zero-order valence-corrected chi connectivity index (χ0v) is 33.5. The van der Waals surface area contributed by atoms with Crippen LogP contribution in [0.25, 0.3) is 0 Å². The Morgan fingerprint density at radius 2 is 1.28 bits per heavy atom. The Morgan fingerprint density at radius 3 is 1.74 bits per heavy atom. The van der Waals surface area contributed by atoms with Gasteiger partial charge in [0, 0.05) is 68.2 Å². The second-order valence-corrected chi connectivity index (χ2v) is 12.8. The second kappa shape index (κ2) is 22.6. The summed E-state index contributed by atoms with van der Waals surface area (Å²) in [6.07, 6.45) is 2.68. The summed E-state index contributed by atoms with van der Waals surface area (Å²) in [6, 6.07) is 5.74. The second-order valence-electron chi connectivity index (χ2n) is 12.8. The molecule has 16 nitrogen and oxygen atoms in total. The van der Waals surface area contributed by atoms with Gasteiger partial charge in [-0.2, -0.15) is 0 Å². The van der Waals surface area contributed by atoms with Crippen LogP contribution in [0.15, 0.2) is 35.9 Å². The van der Waals surface area contributed by atoms with Crippen LogP contribution in [0.3, 0.4) is 0 Å². The molecular formula is C39H50Cl2N4O12. The largest absolute Gasteiger partial charge is 0.507 e. The number of carbonyl (C=O) groups is 4. The molecule has 3 aromatic carbocycles. The van der Waals surface area contributed by atoms with Crippen LogP contribution in [0.5, 0.6) is 23.0 Å². The maximum absolute atomic E-state index is 13.4. The predicted molar refractivity (Wildman–Crippen MR) is 217 cm³/mol. The average Bonchev–Trinajstić information content (AvgIpc) is 3.56. The highest BCUT2D eigenvalue weighted by molar-refractivity contribution is 6.33. The number of benzene rings is 3. The zero-order valence-electron chi connectivity index (χ0n) is 31.8. The van der Waals surface area contributed by atoms with Crippen LogP contribution < -0.4 is 26.0 Å². The number of aliphatic hydroxyl groups excluding tert-OH is 2. The summed E-state index contributed by atoms with van der Waals surface area (Å²) >= 11 is 0. The van der Waals surface area contributed by atoms with Crippen LogP contribution in [0.1, 0.15) is 78.7 Å². The number of fused-ring (bicyclic) bond motifs is 3. The third kappa shape index (κ3) is 11.3. The Hall–Kier alpha value is -5.10. The van der Waals surface area contributed by atoms with Crippen molar-refractivity contribution in [1.82, 2.24) is 10.6 Å². The fraction of sp³-hybridized carbons (Fsp3) is 0.385. The Bertz CT molecular complexity index is 1890. The number of allylic oxidation sites excluding steroid dienone is 2. The molecule has 312 valence electrons. The van der Waals surface area contributed by atoms with Crippen LogP contribution in [-0.2, 0) is 22.6 Å². The van der Waals surface area contributed by atoms with Crippen LogP contribution in [0, 0.1) is 6.92 Å². The van der Waals surface area contributed by atoms with Crippen LogP contribution in [0.2, 0.25) is 0 Å². The van der Waals surface area contributed by atoms with Gasteiger partial charge in [0.15, 0.2) is 0 Å². The van der Waals surface area contributed by atoms with Gasteiger partial charge in [0.2, 0.25) is 11.6 Å². The van der Waals surface area contributed by atoms with Crippen LogP contribution in [-0.4, -0.2) is 114 Å². The minimum atomic E-state index is -0.853. The number of methoxy groups -OCH3 is 1. The molecule has 18 heteroatoms. The molecule has 10 N–H and O–H groups in total. The molecular weight excluding hydrogens is 787 g/mol. The van der Waals surface area contributed by atoms with Crippen molar-refractivity contribution in [3.8, 4) is 23.0 Å². The number of ether oxygens (including phenoxy) is 2. The monoisotopic (exact) mass is 836 g/mol. The summed E-state index contributed by atoms with van der Waals surface area (Å²) in [7, 11) is 1.51. The van der Waals surface area contributed by atoms with E-state index < -0.39 is 23.5 Å². The van der Waals surface area contributed by atoms with Gasteiger partial charge in [-0.15, -0.1) is 24.8 Å². The lowest BCUT2D eigenvalue weighted by atomic mass is 9.81. The number of nitrogens with one attached hydrogen (secondary N) is 4. The first-order chi connectivity index (χ1) is 26.4. The van der Waals surface area contributed by atoms with Gasteiger partial charge in [-0.25, -0.2) is 4.79 Å². The number of rotatable bonds is 18. The average molecular weight is 838 g/mol. The number of aliphatic carboxylic acids is 1. The Labute approximate surface area is 342 Å². The van der Waals surface area contributed by atoms with Crippen molar-refractivity contribution in [3.05, 3.63) is 80.4 Å². The summed E-state index contributed by atoms with van der Waals surface area (Å²) in [6.45, 7) is 6.60. The highest BCUT2D eigenvalue weighted by atomic mass is 35.5. The fourth-order valence-electron chi connectivity index (χ4n) is 6.35. The number of ketones is 2. The zero-order chi connectivity index (χ0) is 40.2. The van der Waals surface area contributed by atoms with E-state index in [1.165, 1.54) is 19.2 Å². The van der Waals surface area contributed by atoms with E-state index >= 15 is 0 Å². The van der Waals surface area contributed by atoms with Gasteiger partial charge in [-0.05, 0) is 56.5 Å². The lowest BCUT2D eigenvalue weighted by molar-refractivity contribution is -0.136. The molecule has 0 atom stereocenters. The first-order valence-electron chi connectivity index (χ1n) is 17.8. The molecule has 0 radical (unpaired) electrons. The third-order valence-corrected chi connectivity index (χ3v) is 9.12. The third-order valence-electron chi connectivity index (χ3n) is 9.12. The Balaban J connectivity index is 0.000000399. The number of esters is 1. The number of phenols is 3. The van der Waals surface area contributed by atoms with Crippen molar-refractivity contribution in [2.24, 2.45) is 0 Å². The molecule has 57 heavy (non-hydrogen) atoms. The standard InChI is InChI=1S/C22H28N4O6.C17H20O6.2ClH/c27-11-9-23-5-7-25-13-1-2-14(26-8-6-24-10-12-28)18-17(13)21(31)19-15(29)3-4-16(30)20(19)22(18)32;1-9(5-7-13(18)19)4-6-11-15(20)14-12(8-23-17(14)21)10(2)16(11)22-3;;/h1-4,23-30H,5-12H2;4,20H,5-8H2,1-3H3,(H,18,19);2*1H/b;9-4+;;. The number of hydrogen-bond donors (Lipinski definition) is 10. The van der Waals surface area contributed by atoms with E-state index in [4.69, 9.17) is 24.8 Å². The number of carboxylic acid groups (broad SMARTS) is 1. The molecule has 0 amide bonds. The molecule has 0 spiro atoms. The number of cyclic esters (lactones) is 1. The van der Waals surface area contributed by atoms with E-state index in [9.17, 15) is 34.5 Å². The number of carbonyl (C=O) groups excluding carboxylic acids is 3. The number of phenolic OH excluding ortho intramolecular Hbond substituents is 3. The van der Waals surface area contributed by atoms with Crippen molar-refractivity contribution >= 4 is 59.7 Å². The smallest absolute Gasteiger partial charge is 0.342 e. The molecule has 0 unspecified atom stereocenters. The molecule has 0 saturated heterocycles. The molecule has 5 rings (SSSR count). The SMILES string of the molecule is COc1c(C)c2c(c(O)c1C/C=C(\C)CCC(=O)O)C(=O)OC2.Cl.Cl.O=C1c2c(O)ccc(O)c2C(=O)c2c(NCCNCCO)ccc(NCCNCCO)c21. The number of anilines is 2. The van der Waals surface area contributed by atoms with Gasteiger partial charge < -0.3 is 61.4 Å². The van der Waals surface area contributed by atoms with Gasteiger partial charge in [0.1, 0.15) is 35.2 Å². The number of carboxylic acids is 1. The molecule has 3 aromatic rings. The van der Waals surface area contributed by atoms with E-state index in [0.29, 0.717) is 80.4 Å². The van der Waals surface area contributed by atoms with Gasteiger partial charge in [0.25, 0.3) is 0 Å². The summed E-state index contributed by atoms with van der Waals surface area (Å²) in [5, 5.41) is 69.7. The molecule has 0 saturated carbocycles. The minimum absolute atomic E-state index is 0. The number of halogens is 2. The van der Waals surface area contributed by atoms with Crippen LogP contribution in [0.4, 0.5) is 11.4 Å². The lowest BCUT2D eigenvalue weighted by Gasteiger charge is -2.25. The van der Waals surface area contributed by atoms with Crippen molar-refractivity contribution in [2.75, 3.05) is 70.2 Å². The van der Waals surface area contributed by atoms with E-state index in [1.807, 2.05) is 19.9 Å². The minimum Gasteiger partial charge on any atom is -0.507 e. The summed E-state index contributed by atoms with van der Waals surface area (Å²) in [4.78, 5) is 49.1. The molecule has 0 bridgehead atoms. The van der Waals surface area contributed by atoms with Crippen molar-refractivity contribution in [3.63, 3.8) is 0 Å². The highest BCUT2D eigenvalue weighted by Gasteiger charge is 2.38. The van der Waals surface area contributed by atoms with E-state index in [2.05, 4.69) is 21.3 Å². The lowest BCUT2D eigenvalue weighted by Crippen LogP contribution is -2.28. The maximum Gasteiger partial charge on any atom is 0.342 e. The number of aromatic hydroxyl groups is 3. The number of aliphatic hydroxyl groups is 2. The normalized spacial score (nSPS) is 12.5. The van der Waals surface area contributed by atoms with Crippen molar-refractivity contribution in [1.29, 1.82) is 0 Å². The maximum atomic E-state index is 13.4. The number of hydrogen-bond acceptors (Lipinski definition) is 15. The fourth-order valence-corrected chi connectivity index (χ4v) is 6.35. The van der Waals surface area contributed by atoms with Gasteiger partial charge >= 0.3 is 11.9 Å². The first-order valence-corrected chi connectivity index (χ1v) is 17.8. The van der Waals surface area contributed by atoms with Crippen molar-refractivity contribution < 1.29 is 59.3 Å². The van der Waals surface area contributed by atoms with E-state index in [0.717, 1.165) is 11.1 Å². The van der Waals surface area contributed by atoms with Gasteiger partial charge in [-0.1, -0.05) is 11.6 Å². The molecule has 2 aliphatic rings. The topological polar surface area (TPSA) is 256 Å². The molecule has 1 aliphatic heterocycles. The summed E-state index contributed by atoms with van der Waals surface area (Å²) < 4.78 is 10.4. The highest BCUT2D eigenvalue weighted by Crippen LogP contribution is 2.43. The molecule has 0 fully saturated rings. The summed E-state index contributed by atoms with van der Waals surface area (Å²) in [5.41, 5.74) is 3.72. The quantitative estimate of drug-likeness (QED) is 0.0298. The van der Waals surface area contributed by atoms with E-state index in [-0.39, 0.29) is 96.1 Å².